The molecule has 2 aromatic rings. The van der Waals surface area contributed by atoms with E-state index in [-0.39, 0.29) is 11.9 Å². The van der Waals surface area contributed by atoms with Crippen molar-refractivity contribution >= 4 is 11.6 Å². The third kappa shape index (κ3) is 3.74. The number of rotatable bonds is 5. The number of hydrogen-bond acceptors (Lipinski definition) is 4. The highest BCUT2D eigenvalue weighted by Crippen LogP contribution is 2.28. The van der Waals surface area contributed by atoms with Crippen molar-refractivity contribution in [1.29, 1.82) is 0 Å². The number of benzene rings is 2. The molecular weight excluding hydrogens is 326 g/mol. The van der Waals surface area contributed by atoms with Crippen LogP contribution < -0.4 is 15.5 Å². The van der Waals surface area contributed by atoms with Gasteiger partial charge >= 0.3 is 0 Å². The molecule has 0 radical (unpaired) electrons. The SMILES string of the molecule is O=C(NCc1ccc(CN2CCc3ccccc32)cc1)C1CC(O)CN1. The molecule has 2 aromatic carbocycles. The third-order valence-electron chi connectivity index (χ3n) is 5.27. The van der Waals surface area contributed by atoms with E-state index in [0.29, 0.717) is 19.5 Å². The molecule has 2 heterocycles. The number of para-hydroxylation sites is 1. The summed E-state index contributed by atoms with van der Waals surface area (Å²) < 4.78 is 0. The first kappa shape index (κ1) is 17.1. The van der Waals surface area contributed by atoms with Crippen molar-refractivity contribution in [1.82, 2.24) is 10.6 Å². The van der Waals surface area contributed by atoms with Crippen LogP contribution in [0, 0.1) is 0 Å². The summed E-state index contributed by atoms with van der Waals surface area (Å²) >= 11 is 0. The van der Waals surface area contributed by atoms with Gasteiger partial charge in [-0.2, -0.15) is 0 Å². The Labute approximate surface area is 154 Å². The molecule has 0 aromatic heterocycles. The van der Waals surface area contributed by atoms with E-state index in [1.54, 1.807) is 0 Å². The molecule has 0 bridgehead atoms. The molecule has 26 heavy (non-hydrogen) atoms. The molecule has 0 saturated carbocycles. The van der Waals surface area contributed by atoms with Gasteiger partial charge in [-0.05, 0) is 35.6 Å². The number of nitrogens with one attached hydrogen (secondary N) is 2. The Hall–Kier alpha value is -2.37. The fraction of sp³-hybridized carbons (Fsp3) is 0.381. The van der Waals surface area contributed by atoms with Crippen molar-refractivity contribution in [3.8, 4) is 0 Å². The quantitative estimate of drug-likeness (QED) is 0.765. The van der Waals surface area contributed by atoms with Crippen LogP contribution in [0.4, 0.5) is 5.69 Å². The van der Waals surface area contributed by atoms with Gasteiger partial charge in [-0.3, -0.25) is 4.79 Å². The summed E-state index contributed by atoms with van der Waals surface area (Å²) in [4.78, 5) is 14.5. The molecule has 2 aliphatic rings. The van der Waals surface area contributed by atoms with Gasteiger partial charge in [-0.25, -0.2) is 0 Å². The molecule has 1 fully saturated rings. The number of anilines is 1. The second kappa shape index (κ2) is 7.48. The van der Waals surface area contributed by atoms with Gasteiger partial charge in [-0.15, -0.1) is 0 Å². The van der Waals surface area contributed by atoms with Crippen LogP contribution in [0.5, 0.6) is 0 Å². The Bertz CT molecular complexity index is 775. The number of carbonyl (C=O) groups is 1. The van der Waals surface area contributed by atoms with Crippen molar-refractivity contribution < 1.29 is 9.90 Å². The zero-order valence-electron chi connectivity index (χ0n) is 14.8. The minimum absolute atomic E-state index is 0.0423. The van der Waals surface area contributed by atoms with Crippen molar-refractivity contribution in [2.45, 2.75) is 38.1 Å². The lowest BCUT2D eigenvalue weighted by atomic mass is 10.1. The van der Waals surface area contributed by atoms with Crippen LogP contribution in [0.15, 0.2) is 48.5 Å². The highest BCUT2D eigenvalue weighted by Gasteiger charge is 2.27. The average Bonchev–Trinajstić information content (AvgIpc) is 3.28. The Kier molecular flexibility index (Phi) is 4.91. The summed E-state index contributed by atoms with van der Waals surface area (Å²) in [6.07, 6.45) is 1.19. The summed E-state index contributed by atoms with van der Waals surface area (Å²) in [6.45, 7) is 2.98. The lowest BCUT2D eigenvalue weighted by Crippen LogP contribution is -2.40. The first-order valence-electron chi connectivity index (χ1n) is 9.29. The molecule has 1 amide bonds. The third-order valence-corrected chi connectivity index (χ3v) is 5.27. The number of amides is 1. The van der Waals surface area contributed by atoms with E-state index < -0.39 is 6.10 Å². The lowest BCUT2D eigenvalue weighted by molar-refractivity contribution is -0.123. The maximum atomic E-state index is 12.1. The first-order chi connectivity index (χ1) is 12.7. The number of aliphatic hydroxyl groups is 1. The molecular formula is C21H25N3O2. The van der Waals surface area contributed by atoms with Crippen LogP contribution in [-0.2, 0) is 24.3 Å². The van der Waals surface area contributed by atoms with Gasteiger partial charge in [0.1, 0.15) is 0 Å². The second-order valence-corrected chi connectivity index (χ2v) is 7.18. The van der Waals surface area contributed by atoms with Gasteiger partial charge in [0.25, 0.3) is 0 Å². The van der Waals surface area contributed by atoms with Gasteiger partial charge in [0.2, 0.25) is 5.91 Å². The smallest absolute Gasteiger partial charge is 0.237 e. The minimum Gasteiger partial charge on any atom is -0.392 e. The van der Waals surface area contributed by atoms with E-state index in [1.165, 1.54) is 16.8 Å². The number of aliphatic hydroxyl groups excluding tert-OH is 1. The van der Waals surface area contributed by atoms with Crippen LogP contribution >= 0.6 is 0 Å². The molecule has 136 valence electrons. The van der Waals surface area contributed by atoms with E-state index in [0.717, 1.165) is 25.1 Å². The topological polar surface area (TPSA) is 64.6 Å². The zero-order valence-corrected chi connectivity index (χ0v) is 14.8. The van der Waals surface area contributed by atoms with Crippen molar-refractivity contribution in [2.75, 3.05) is 18.0 Å². The van der Waals surface area contributed by atoms with Gasteiger partial charge in [0, 0.05) is 31.9 Å². The average molecular weight is 351 g/mol. The highest BCUT2D eigenvalue weighted by molar-refractivity contribution is 5.82. The lowest BCUT2D eigenvalue weighted by Gasteiger charge is -2.19. The summed E-state index contributed by atoms with van der Waals surface area (Å²) in [5.74, 6) is -0.0423. The Morgan fingerprint density at radius 1 is 1.15 bits per heavy atom. The van der Waals surface area contributed by atoms with E-state index in [1.807, 2.05) is 0 Å². The number of β-amino-alcohol motifs (C(OH)–C–C–N with tert-alkyl or cyclic N) is 1. The fourth-order valence-corrected chi connectivity index (χ4v) is 3.78. The van der Waals surface area contributed by atoms with Crippen LogP contribution in [-0.4, -0.2) is 36.2 Å². The second-order valence-electron chi connectivity index (χ2n) is 7.18. The molecule has 0 aliphatic carbocycles. The number of carbonyl (C=O) groups excluding carboxylic acids is 1. The standard InChI is InChI=1S/C21H25N3O2/c25-18-11-19(22-13-18)21(26)23-12-15-5-7-16(8-6-15)14-24-10-9-17-3-1-2-4-20(17)24/h1-8,18-19,22,25H,9-14H2,(H,23,26). The summed E-state index contributed by atoms with van der Waals surface area (Å²) in [6, 6.07) is 16.8. The summed E-state index contributed by atoms with van der Waals surface area (Å²) in [5.41, 5.74) is 5.13. The molecule has 5 nitrogen and oxygen atoms in total. The monoisotopic (exact) mass is 351 g/mol. The Balaban J connectivity index is 1.31. The molecule has 0 spiro atoms. The van der Waals surface area contributed by atoms with Crippen LogP contribution in [0.2, 0.25) is 0 Å². The van der Waals surface area contributed by atoms with Gasteiger partial charge in [-0.1, -0.05) is 42.5 Å². The van der Waals surface area contributed by atoms with Crippen molar-refractivity contribution in [3.63, 3.8) is 0 Å². The molecule has 2 unspecified atom stereocenters. The molecule has 3 N–H and O–H groups in total. The first-order valence-corrected chi connectivity index (χ1v) is 9.29. The normalized spacial score (nSPS) is 21.7. The fourth-order valence-electron chi connectivity index (χ4n) is 3.78. The zero-order chi connectivity index (χ0) is 17.9. The maximum absolute atomic E-state index is 12.1. The van der Waals surface area contributed by atoms with Crippen LogP contribution in [0.3, 0.4) is 0 Å². The molecule has 2 atom stereocenters. The van der Waals surface area contributed by atoms with Gasteiger partial charge in [0.15, 0.2) is 0 Å². The van der Waals surface area contributed by atoms with E-state index >= 15 is 0 Å². The van der Waals surface area contributed by atoms with E-state index in [9.17, 15) is 9.90 Å². The van der Waals surface area contributed by atoms with Crippen molar-refractivity contribution in [2.24, 2.45) is 0 Å². The molecule has 1 saturated heterocycles. The number of hydrogen-bond donors (Lipinski definition) is 3. The number of fused-ring (bicyclic) bond motifs is 1. The van der Waals surface area contributed by atoms with Gasteiger partial charge in [0.05, 0.1) is 12.1 Å². The minimum atomic E-state index is -0.416. The summed E-state index contributed by atoms with van der Waals surface area (Å²) in [7, 11) is 0. The van der Waals surface area contributed by atoms with E-state index in [2.05, 4.69) is 64.1 Å². The highest BCUT2D eigenvalue weighted by atomic mass is 16.3. The summed E-state index contributed by atoms with van der Waals surface area (Å²) in [5, 5.41) is 15.5. The van der Waals surface area contributed by atoms with Crippen molar-refractivity contribution in [3.05, 3.63) is 65.2 Å². The maximum Gasteiger partial charge on any atom is 0.237 e. The van der Waals surface area contributed by atoms with Crippen LogP contribution in [0.25, 0.3) is 0 Å². The predicted octanol–water partition coefficient (Wildman–Crippen LogP) is 1.59. The van der Waals surface area contributed by atoms with E-state index in [4.69, 9.17) is 0 Å². The molecule has 4 rings (SSSR count). The largest absolute Gasteiger partial charge is 0.392 e. The Morgan fingerprint density at radius 3 is 2.69 bits per heavy atom. The van der Waals surface area contributed by atoms with Gasteiger partial charge < -0.3 is 20.6 Å². The molecule has 2 aliphatic heterocycles. The number of nitrogens with zero attached hydrogens (tertiary/aromatic N) is 1. The molecule has 5 heteroatoms. The Morgan fingerprint density at radius 2 is 1.92 bits per heavy atom. The van der Waals surface area contributed by atoms with Crippen LogP contribution in [0.1, 0.15) is 23.1 Å². The predicted molar refractivity (Wildman–Crippen MR) is 102 cm³/mol.